The van der Waals surface area contributed by atoms with E-state index in [0.717, 1.165) is 34.3 Å². The second kappa shape index (κ2) is 9.31. The Kier molecular flexibility index (Phi) is 6.34. The first kappa shape index (κ1) is 19.8. The van der Waals surface area contributed by atoms with Gasteiger partial charge in [0, 0.05) is 42.3 Å². The molecule has 4 aromatic rings. The largest absolute Gasteiger partial charge is 0.370 e. The van der Waals surface area contributed by atoms with E-state index in [0.29, 0.717) is 0 Å². The van der Waals surface area contributed by atoms with Crippen LogP contribution in [0.1, 0.15) is 5.56 Å². The highest BCUT2D eigenvalue weighted by Crippen LogP contribution is 2.30. The molecule has 0 saturated carbocycles. The first-order chi connectivity index (χ1) is 14.2. The second-order valence-corrected chi connectivity index (χ2v) is 8.91. The van der Waals surface area contributed by atoms with Crippen LogP contribution in [-0.4, -0.2) is 17.0 Å². The van der Waals surface area contributed by atoms with Crippen LogP contribution in [0.4, 0.5) is 11.5 Å². The molecule has 7 heteroatoms. The van der Waals surface area contributed by atoms with E-state index >= 15 is 0 Å². The van der Waals surface area contributed by atoms with E-state index < -0.39 is 0 Å². The molecule has 0 bridgehead atoms. The number of hydrogen-bond donors (Lipinski definition) is 1. The molecule has 0 aliphatic carbocycles. The van der Waals surface area contributed by atoms with Crippen molar-refractivity contribution in [3.63, 3.8) is 0 Å². The third-order valence-electron chi connectivity index (χ3n) is 4.36. The minimum atomic E-state index is 0.747. The molecule has 2 aromatic heterocycles. The number of nitrogens with one attached hydrogen (secondary N) is 1. The predicted molar refractivity (Wildman–Crippen MR) is 125 cm³/mol. The monoisotopic (exact) mass is 438 g/mol. The second-order valence-electron chi connectivity index (χ2n) is 6.42. The Morgan fingerprint density at radius 3 is 2.48 bits per heavy atom. The number of halogens is 1. The molecule has 1 N–H and O–H groups in total. The van der Waals surface area contributed by atoms with Crippen molar-refractivity contribution in [1.82, 2.24) is 9.97 Å². The molecule has 0 aliphatic rings. The molecule has 29 heavy (non-hydrogen) atoms. The summed E-state index contributed by atoms with van der Waals surface area (Å²) in [7, 11) is 2.07. The molecule has 2 aromatic carbocycles. The average Bonchev–Trinajstić information content (AvgIpc) is 3.27. The summed E-state index contributed by atoms with van der Waals surface area (Å²) >= 11 is 9.22. The van der Waals surface area contributed by atoms with Gasteiger partial charge in [-0.15, -0.1) is 11.3 Å². The van der Waals surface area contributed by atoms with Crippen molar-refractivity contribution < 1.29 is 0 Å². The van der Waals surface area contributed by atoms with Crippen LogP contribution in [0.2, 0.25) is 5.02 Å². The summed E-state index contributed by atoms with van der Waals surface area (Å²) < 4.78 is 4.50. The Morgan fingerprint density at radius 2 is 1.76 bits per heavy atom. The Morgan fingerprint density at radius 1 is 1.00 bits per heavy atom. The molecule has 0 saturated heterocycles. The molecular weight excluding hydrogens is 420 g/mol. The average molecular weight is 439 g/mol. The van der Waals surface area contributed by atoms with Crippen LogP contribution in [0.5, 0.6) is 0 Å². The van der Waals surface area contributed by atoms with Gasteiger partial charge in [-0.25, -0.2) is 4.98 Å². The summed E-state index contributed by atoms with van der Waals surface area (Å²) in [5, 5.41) is 2.80. The highest BCUT2D eigenvalue weighted by molar-refractivity contribution is 8.02. The van der Waals surface area contributed by atoms with Gasteiger partial charge in [0.1, 0.15) is 5.69 Å². The fourth-order valence-electron chi connectivity index (χ4n) is 2.87. The van der Waals surface area contributed by atoms with Gasteiger partial charge in [0.2, 0.25) is 0 Å². The lowest BCUT2D eigenvalue weighted by Gasteiger charge is -2.19. The molecule has 0 fully saturated rings. The number of rotatable bonds is 7. The fourth-order valence-corrected chi connectivity index (χ4v) is 4.42. The Bertz CT molecular complexity index is 1050. The minimum absolute atomic E-state index is 0.747. The third-order valence-corrected chi connectivity index (χ3v) is 6.44. The van der Waals surface area contributed by atoms with Gasteiger partial charge in [0.25, 0.3) is 0 Å². The molecular formula is C22H19ClN4S2. The summed E-state index contributed by atoms with van der Waals surface area (Å²) in [6.07, 6.45) is 3.43. The first-order valence-corrected chi connectivity index (χ1v) is 11.1. The van der Waals surface area contributed by atoms with E-state index in [9.17, 15) is 0 Å². The lowest BCUT2D eigenvalue weighted by atomic mass is 10.1. The molecule has 0 aliphatic heterocycles. The van der Waals surface area contributed by atoms with Crippen LogP contribution in [0.25, 0.3) is 11.3 Å². The van der Waals surface area contributed by atoms with Crippen molar-refractivity contribution >= 4 is 46.4 Å². The number of aromatic nitrogens is 2. The van der Waals surface area contributed by atoms with E-state index in [1.165, 1.54) is 9.77 Å². The van der Waals surface area contributed by atoms with Gasteiger partial charge >= 0.3 is 0 Å². The Balaban J connectivity index is 1.47. The summed E-state index contributed by atoms with van der Waals surface area (Å²) in [5.41, 5.74) is 4.22. The van der Waals surface area contributed by atoms with E-state index in [2.05, 4.69) is 62.3 Å². The molecule has 4 rings (SSSR count). The Labute approximate surface area is 183 Å². The van der Waals surface area contributed by atoms with Gasteiger partial charge in [0.05, 0.1) is 4.21 Å². The van der Waals surface area contributed by atoms with Crippen LogP contribution in [0.3, 0.4) is 0 Å². The van der Waals surface area contributed by atoms with Crippen molar-refractivity contribution in [2.75, 3.05) is 16.7 Å². The van der Waals surface area contributed by atoms with Crippen molar-refractivity contribution in [1.29, 1.82) is 0 Å². The van der Waals surface area contributed by atoms with Crippen molar-refractivity contribution in [3.05, 3.63) is 89.0 Å². The van der Waals surface area contributed by atoms with Gasteiger partial charge < -0.3 is 9.62 Å². The smallest absolute Gasteiger partial charge is 0.162 e. The lowest BCUT2D eigenvalue weighted by molar-refractivity contribution is 0.923. The quantitative estimate of drug-likeness (QED) is 0.328. The molecule has 0 atom stereocenters. The molecule has 0 radical (unpaired) electrons. The summed E-state index contributed by atoms with van der Waals surface area (Å²) in [4.78, 5) is 11.2. The zero-order valence-corrected chi connectivity index (χ0v) is 18.1. The highest BCUT2D eigenvalue weighted by atomic mass is 35.5. The van der Waals surface area contributed by atoms with Crippen LogP contribution < -0.4 is 9.62 Å². The first-order valence-electron chi connectivity index (χ1n) is 9.02. The van der Waals surface area contributed by atoms with Gasteiger partial charge in [-0.05, 0) is 53.2 Å². The van der Waals surface area contributed by atoms with Crippen LogP contribution in [-0.2, 0) is 6.54 Å². The Hall–Kier alpha value is -2.54. The molecule has 146 valence electrons. The normalized spacial score (nSPS) is 10.7. The van der Waals surface area contributed by atoms with Gasteiger partial charge in [-0.1, -0.05) is 41.9 Å². The van der Waals surface area contributed by atoms with Crippen molar-refractivity contribution in [2.24, 2.45) is 0 Å². The van der Waals surface area contributed by atoms with Gasteiger partial charge in [0.15, 0.2) is 5.82 Å². The number of thiophene rings is 1. The van der Waals surface area contributed by atoms with Crippen LogP contribution in [0, 0.1) is 0 Å². The van der Waals surface area contributed by atoms with E-state index in [1.807, 2.05) is 30.3 Å². The van der Waals surface area contributed by atoms with Crippen molar-refractivity contribution in [3.8, 4) is 11.3 Å². The zero-order valence-electron chi connectivity index (χ0n) is 15.7. The number of hydrogen-bond acceptors (Lipinski definition) is 6. The molecule has 4 nitrogen and oxygen atoms in total. The van der Waals surface area contributed by atoms with Gasteiger partial charge in [-0.2, -0.15) is 0 Å². The van der Waals surface area contributed by atoms with Crippen molar-refractivity contribution in [2.45, 2.75) is 10.8 Å². The lowest BCUT2D eigenvalue weighted by Crippen LogP contribution is -2.16. The predicted octanol–water partition coefficient (Wildman–Crippen LogP) is 6.61. The standard InChI is InChI=1S/C22H19ClN4S2/c1-27(19-10-8-18(23)9-11-19)15-16-4-6-17(7-5-16)21-22(25-13-12-24-21)26-29-20-3-2-14-28-20/h2-14H,15H2,1H3,(H,25,26). The number of nitrogens with zero attached hydrogens (tertiary/aromatic N) is 3. The maximum Gasteiger partial charge on any atom is 0.162 e. The summed E-state index contributed by atoms with van der Waals surface area (Å²) in [5.74, 6) is 0.761. The van der Waals surface area contributed by atoms with Crippen LogP contribution >= 0.6 is 34.9 Å². The van der Waals surface area contributed by atoms with E-state index in [4.69, 9.17) is 11.6 Å². The molecule has 2 heterocycles. The SMILES string of the molecule is CN(Cc1ccc(-c2nccnc2NSc2cccs2)cc1)c1ccc(Cl)cc1. The number of benzene rings is 2. The van der Waals surface area contributed by atoms with E-state index in [1.54, 1.807) is 35.7 Å². The number of anilines is 2. The molecule has 0 spiro atoms. The summed E-state index contributed by atoms with van der Waals surface area (Å²) in [6, 6.07) is 20.4. The molecule has 0 unspecified atom stereocenters. The maximum atomic E-state index is 5.98. The topological polar surface area (TPSA) is 41.1 Å². The third kappa shape index (κ3) is 5.09. The maximum absolute atomic E-state index is 5.98. The minimum Gasteiger partial charge on any atom is -0.370 e. The summed E-state index contributed by atoms with van der Waals surface area (Å²) in [6.45, 7) is 0.807. The molecule has 0 amide bonds. The van der Waals surface area contributed by atoms with E-state index in [-0.39, 0.29) is 0 Å². The zero-order chi connectivity index (χ0) is 20.1. The van der Waals surface area contributed by atoms with Gasteiger partial charge in [-0.3, -0.25) is 4.98 Å². The fraction of sp³-hybridized carbons (Fsp3) is 0.0909. The van der Waals surface area contributed by atoms with Crippen LogP contribution in [0.15, 0.2) is 82.6 Å². The highest BCUT2D eigenvalue weighted by Gasteiger charge is 2.09.